The summed E-state index contributed by atoms with van der Waals surface area (Å²) in [5, 5.41) is 17.6. The highest BCUT2D eigenvalue weighted by atomic mass is 35.5. The molecule has 0 spiro atoms. The highest BCUT2D eigenvalue weighted by molar-refractivity contribution is 6.32. The summed E-state index contributed by atoms with van der Waals surface area (Å²) in [5.74, 6) is -0.764. The van der Waals surface area contributed by atoms with Gasteiger partial charge < -0.3 is 19.9 Å². The van der Waals surface area contributed by atoms with Crippen LogP contribution in [0.15, 0.2) is 41.3 Å². The van der Waals surface area contributed by atoms with Gasteiger partial charge in [-0.05, 0) is 62.8 Å². The molecule has 2 saturated carbocycles. The lowest BCUT2D eigenvalue weighted by atomic mass is 9.91. The van der Waals surface area contributed by atoms with Gasteiger partial charge in [0.25, 0.3) is 11.6 Å². The lowest BCUT2D eigenvalue weighted by Gasteiger charge is -2.30. The Kier molecular flexibility index (Phi) is 8.06. The first-order valence-corrected chi connectivity index (χ1v) is 13.6. The minimum absolute atomic E-state index is 0.0101. The van der Waals surface area contributed by atoms with Crippen molar-refractivity contribution >= 4 is 45.7 Å². The summed E-state index contributed by atoms with van der Waals surface area (Å²) in [6, 6.07) is 7.22. The Labute approximate surface area is 233 Å². The van der Waals surface area contributed by atoms with Crippen LogP contribution in [-0.2, 0) is 0 Å². The molecule has 2 N–H and O–H groups in total. The summed E-state index contributed by atoms with van der Waals surface area (Å²) >= 11 is 11.8. The molecule has 0 saturated heterocycles. The predicted molar refractivity (Wildman–Crippen MR) is 147 cm³/mol. The minimum atomic E-state index is -0.688. The molecule has 0 unspecified atom stereocenters. The number of hydrogen-bond donors (Lipinski definition) is 2. The smallest absolute Gasteiger partial charge is 0.291 e. The van der Waals surface area contributed by atoms with Crippen LogP contribution in [0.25, 0.3) is 10.9 Å². The van der Waals surface area contributed by atoms with E-state index in [0.29, 0.717) is 24.4 Å². The molecule has 0 radical (unpaired) electrons. The number of carbonyl (C=O) groups excluding carboxylic acids is 1. The number of fused-ring (bicyclic) bond motifs is 1. The number of pyridine rings is 1. The number of hydrogen-bond acceptors (Lipinski definition) is 6. The minimum Gasteiger partial charge on any atom is -0.492 e. The molecule has 2 aliphatic carbocycles. The summed E-state index contributed by atoms with van der Waals surface area (Å²) in [5.41, 5.74) is -0.156. The van der Waals surface area contributed by atoms with Gasteiger partial charge in [0, 0.05) is 36.3 Å². The van der Waals surface area contributed by atoms with Crippen molar-refractivity contribution in [1.82, 2.24) is 15.2 Å². The molecule has 2 fully saturated rings. The quantitative estimate of drug-likeness (QED) is 0.200. The molecule has 3 aromatic rings. The molecule has 39 heavy (non-hydrogen) atoms. The number of nitrogens with one attached hydrogen (secondary N) is 2. The van der Waals surface area contributed by atoms with Gasteiger partial charge in [0.1, 0.15) is 28.8 Å². The molecule has 12 heteroatoms. The zero-order valence-corrected chi connectivity index (χ0v) is 22.4. The van der Waals surface area contributed by atoms with Crippen LogP contribution in [0.3, 0.4) is 0 Å². The number of nitrogens with zero attached hydrogens (tertiary/aromatic N) is 2. The first kappa shape index (κ1) is 27.4. The van der Waals surface area contributed by atoms with Crippen molar-refractivity contribution in [2.24, 2.45) is 0 Å². The van der Waals surface area contributed by atoms with Crippen molar-refractivity contribution in [1.29, 1.82) is 0 Å². The van der Waals surface area contributed by atoms with Gasteiger partial charge in [-0.15, -0.1) is 0 Å². The lowest BCUT2D eigenvalue weighted by molar-refractivity contribution is -0.384. The van der Waals surface area contributed by atoms with Gasteiger partial charge in [-0.1, -0.05) is 23.2 Å². The fraction of sp³-hybridized carbons (Fsp3) is 0.407. The predicted octanol–water partition coefficient (Wildman–Crippen LogP) is 5.40. The summed E-state index contributed by atoms with van der Waals surface area (Å²) < 4.78 is 21.6. The van der Waals surface area contributed by atoms with E-state index in [1.807, 2.05) is 4.57 Å². The summed E-state index contributed by atoms with van der Waals surface area (Å²) in [7, 11) is 0. The van der Waals surface area contributed by atoms with Gasteiger partial charge in [0.05, 0.1) is 21.5 Å². The second kappa shape index (κ2) is 11.5. The van der Waals surface area contributed by atoms with Crippen LogP contribution in [-0.4, -0.2) is 40.6 Å². The Hall–Kier alpha value is -3.21. The number of ether oxygens (including phenoxy) is 1. The van der Waals surface area contributed by atoms with E-state index in [1.54, 1.807) is 12.3 Å². The maximum atomic E-state index is 14.2. The van der Waals surface area contributed by atoms with Crippen molar-refractivity contribution < 1.29 is 18.8 Å². The van der Waals surface area contributed by atoms with Crippen LogP contribution < -0.4 is 20.8 Å². The molecular weight excluding hydrogens is 550 g/mol. The molecule has 206 valence electrons. The second-order valence-corrected chi connectivity index (χ2v) is 10.8. The Morgan fingerprint density at radius 1 is 1.08 bits per heavy atom. The topological polar surface area (TPSA) is 116 Å². The molecule has 1 amide bonds. The van der Waals surface area contributed by atoms with Crippen LogP contribution in [0, 0.1) is 15.9 Å². The van der Waals surface area contributed by atoms with E-state index in [4.69, 9.17) is 27.9 Å². The van der Waals surface area contributed by atoms with Gasteiger partial charge in [-0.25, -0.2) is 4.39 Å². The van der Waals surface area contributed by atoms with Gasteiger partial charge in [0.2, 0.25) is 5.43 Å². The number of benzene rings is 2. The third-order valence-corrected chi connectivity index (χ3v) is 7.85. The van der Waals surface area contributed by atoms with Crippen LogP contribution in [0.4, 0.5) is 10.1 Å². The van der Waals surface area contributed by atoms with Crippen molar-refractivity contribution in [3.05, 3.63) is 78.3 Å². The SMILES string of the molecule is O=C(N[C@H]1CC[C@H](NCCOc2ccc(Cl)c([N+](=O)[O-])c2)CC1)c1cn(C2CC2)c2cc(Cl)c(F)cc2c1=O. The Balaban J connectivity index is 1.14. The van der Waals surface area contributed by atoms with Gasteiger partial charge in [0.15, 0.2) is 0 Å². The molecule has 0 aliphatic heterocycles. The van der Waals surface area contributed by atoms with E-state index in [-0.39, 0.29) is 44.8 Å². The molecule has 1 aromatic heterocycles. The van der Waals surface area contributed by atoms with E-state index in [9.17, 15) is 24.1 Å². The summed E-state index contributed by atoms with van der Waals surface area (Å²) in [4.78, 5) is 36.7. The monoisotopic (exact) mass is 576 g/mol. The number of amides is 1. The molecule has 0 bridgehead atoms. The van der Waals surface area contributed by atoms with Crippen molar-refractivity contribution in [3.63, 3.8) is 0 Å². The second-order valence-electron chi connectivity index (χ2n) is 9.99. The number of carbonyl (C=O) groups is 1. The summed E-state index contributed by atoms with van der Waals surface area (Å²) in [6.07, 6.45) is 6.56. The Morgan fingerprint density at radius 2 is 1.79 bits per heavy atom. The first-order valence-electron chi connectivity index (χ1n) is 12.9. The number of aromatic nitrogens is 1. The molecule has 1 heterocycles. The largest absolute Gasteiger partial charge is 0.492 e. The van der Waals surface area contributed by atoms with E-state index >= 15 is 0 Å². The fourth-order valence-electron chi connectivity index (χ4n) is 5.02. The van der Waals surface area contributed by atoms with Crippen LogP contribution >= 0.6 is 23.2 Å². The highest BCUT2D eigenvalue weighted by Gasteiger charge is 2.29. The molecule has 9 nitrogen and oxygen atoms in total. The average Bonchev–Trinajstić information content (AvgIpc) is 3.75. The maximum Gasteiger partial charge on any atom is 0.291 e. The first-order chi connectivity index (χ1) is 18.7. The Bertz CT molecular complexity index is 1490. The molecular formula is C27H27Cl2FN4O5. The number of nitro groups is 1. The van der Waals surface area contributed by atoms with Crippen molar-refractivity contribution in [2.75, 3.05) is 13.2 Å². The number of halogens is 3. The zero-order valence-electron chi connectivity index (χ0n) is 20.9. The molecule has 0 atom stereocenters. The molecule has 5 rings (SSSR count). The average molecular weight is 577 g/mol. The van der Waals surface area contributed by atoms with E-state index in [2.05, 4.69) is 10.6 Å². The zero-order chi connectivity index (χ0) is 27.7. The fourth-order valence-corrected chi connectivity index (χ4v) is 5.36. The van der Waals surface area contributed by atoms with E-state index < -0.39 is 22.1 Å². The van der Waals surface area contributed by atoms with Gasteiger partial charge in [-0.3, -0.25) is 19.7 Å². The molecule has 2 aliphatic rings. The number of nitro benzene ring substituents is 1. The van der Waals surface area contributed by atoms with Crippen molar-refractivity contribution in [2.45, 2.75) is 56.7 Å². The van der Waals surface area contributed by atoms with E-state index in [0.717, 1.165) is 44.6 Å². The normalized spacial score (nSPS) is 19.2. The standard InChI is InChI=1S/C27H27Cl2FN4O5/c28-21-8-7-18(11-25(21)34(37)38)39-10-9-31-15-1-3-16(4-2-15)32-27(36)20-14-33(17-5-6-17)24-13-22(29)23(30)12-19(24)26(20)35/h7-8,11-17,31H,1-6,9-10H2,(H,32,36)/t15-,16-. The third-order valence-electron chi connectivity index (χ3n) is 7.24. The van der Waals surface area contributed by atoms with Gasteiger partial charge >= 0.3 is 0 Å². The number of rotatable bonds is 9. The lowest BCUT2D eigenvalue weighted by Crippen LogP contribution is -2.44. The maximum absolute atomic E-state index is 14.2. The Morgan fingerprint density at radius 3 is 2.49 bits per heavy atom. The molecule has 2 aromatic carbocycles. The van der Waals surface area contributed by atoms with Crippen LogP contribution in [0.1, 0.15) is 54.9 Å². The van der Waals surface area contributed by atoms with Crippen molar-refractivity contribution in [3.8, 4) is 5.75 Å². The highest BCUT2D eigenvalue weighted by Crippen LogP contribution is 2.37. The van der Waals surface area contributed by atoms with Gasteiger partial charge in [-0.2, -0.15) is 0 Å². The van der Waals surface area contributed by atoms with Crippen LogP contribution in [0.5, 0.6) is 5.75 Å². The van der Waals surface area contributed by atoms with Crippen LogP contribution in [0.2, 0.25) is 10.0 Å². The third kappa shape index (κ3) is 6.18. The van der Waals surface area contributed by atoms with E-state index in [1.165, 1.54) is 18.2 Å². The summed E-state index contributed by atoms with van der Waals surface area (Å²) in [6.45, 7) is 0.882.